The summed E-state index contributed by atoms with van der Waals surface area (Å²) in [6.45, 7) is 6.35. The maximum atomic E-state index is 12.9. The molecule has 180 valence electrons. The average Bonchev–Trinajstić information content (AvgIpc) is 3.20. The van der Waals surface area contributed by atoms with Gasteiger partial charge in [0.15, 0.2) is 0 Å². The summed E-state index contributed by atoms with van der Waals surface area (Å²) in [5.41, 5.74) is 12.4. The number of thiophene rings is 1. The summed E-state index contributed by atoms with van der Waals surface area (Å²) in [6, 6.07) is 18.4. The number of nitrogens with one attached hydrogen (secondary N) is 2. The van der Waals surface area contributed by atoms with Gasteiger partial charge in [-0.25, -0.2) is 4.98 Å². The van der Waals surface area contributed by atoms with Crippen LogP contribution in [0.3, 0.4) is 0 Å². The molecule has 1 saturated heterocycles. The summed E-state index contributed by atoms with van der Waals surface area (Å²) in [7, 11) is 0. The molecule has 0 bridgehead atoms. The Morgan fingerprint density at radius 1 is 1.14 bits per heavy atom. The number of amides is 1. The Labute approximate surface area is 214 Å². The summed E-state index contributed by atoms with van der Waals surface area (Å²) < 4.78 is 0. The molecule has 35 heavy (non-hydrogen) atoms. The zero-order valence-corrected chi connectivity index (χ0v) is 21.2. The van der Waals surface area contributed by atoms with Crippen molar-refractivity contribution in [3.8, 4) is 11.1 Å². The van der Waals surface area contributed by atoms with E-state index in [0.717, 1.165) is 64.7 Å². The fraction of sp³-hybridized carbons (Fsp3) is 0.259. The summed E-state index contributed by atoms with van der Waals surface area (Å²) in [5, 5.41) is 8.01. The summed E-state index contributed by atoms with van der Waals surface area (Å²) in [5.74, 6) is -0.154. The van der Waals surface area contributed by atoms with Crippen molar-refractivity contribution in [3.63, 3.8) is 0 Å². The Morgan fingerprint density at radius 3 is 2.69 bits per heavy atom. The molecule has 0 saturated carbocycles. The first kappa shape index (κ1) is 23.6. The van der Waals surface area contributed by atoms with Crippen molar-refractivity contribution in [1.82, 2.24) is 15.6 Å². The molecule has 1 aliphatic rings. The molecule has 0 aliphatic carbocycles. The van der Waals surface area contributed by atoms with Gasteiger partial charge in [-0.2, -0.15) is 0 Å². The van der Waals surface area contributed by atoms with Gasteiger partial charge in [0.05, 0.1) is 5.69 Å². The number of hydrogen-bond acceptors (Lipinski definition) is 6. The number of piperazine rings is 1. The molecular weight excluding hydrogens is 478 g/mol. The van der Waals surface area contributed by atoms with Crippen molar-refractivity contribution >= 4 is 50.4 Å². The van der Waals surface area contributed by atoms with Crippen molar-refractivity contribution in [2.75, 3.05) is 43.4 Å². The maximum Gasteiger partial charge on any atom is 0.263 e. The van der Waals surface area contributed by atoms with Crippen molar-refractivity contribution in [2.24, 2.45) is 0 Å². The smallest absolute Gasteiger partial charge is 0.263 e. The van der Waals surface area contributed by atoms with Gasteiger partial charge in [0, 0.05) is 60.1 Å². The second-order valence-electron chi connectivity index (χ2n) is 8.75. The van der Waals surface area contributed by atoms with Crippen LogP contribution >= 0.6 is 22.9 Å². The number of carbonyl (C=O) groups excluding carboxylic acids is 1. The third kappa shape index (κ3) is 5.12. The van der Waals surface area contributed by atoms with Gasteiger partial charge in [0.25, 0.3) is 5.91 Å². The maximum absolute atomic E-state index is 12.9. The predicted molar refractivity (Wildman–Crippen MR) is 147 cm³/mol. The van der Waals surface area contributed by atoms with E-state index in [2.05, 4.69) is 50.8 Å². The number of aryl methyl sites for hydroxylation is 1. The highest BCUT2D eigenvalue weighted by Gasteiger charge is 2.18. The molecular formula is C27H28ClN5OS. The average molecular weight is 506 g/mol. The standard InChI is InChI=1S/C27H28ClN5OS/c1-17-2-8-21-24(29)25(35-27(21)32-17)26(34)31-11-10-18-3-9-23(33-14-12-30-13-15-33)22(16-18)19-4-6-20(28)7-5-19/h2-9,16,30H,10-15,29H2,1H3,(H,31,34). The van der Waals surface area contributed by atoms with Crippen molar-refractivity contribution in [1.29, 1.82) is 0 Å². The van der Waals surface area contributed by atoms with Crippen LogP contribution in [0.5, 0.6) is 0 Å². The Bertz CT molecular complexity index is 1360. The molecule has 8 heteroatoms. The first-order valence-corrected chi connectivity index (χ1v) is 13.0. The minimum atomic E-state index is -0.154. The van der Waals surface area contributed by atoms with Crippen LogP contribution in [0, 0.1) is 6.92 Å². The van der Waals surface area contributed by atoms with E-state index in [1.54, 1.807) is 0 Å². The lowest BCUT2D eigenvalue weighted by Gasteiger charge is -2.31. The van der Waals surface area contributed by atoms with Crippen LogP contribution in [0.2, 0.25) is 5.02 Å². The Morgan fingerprint density at radius 2 is 1.91 bits per heavy atom. The number of nitrogens with two attached hydrogens (primary N) is 1. The molecule has 0 spiro atoms. The van der Waals surface area contributed by atoms with Gasteiger partial charge in [0.2, 0.25) is 0 Å². The highest BCUT2D eigenvalue weighted by molar-refractivity contribution is 7.21. The highest BCUT2D eigenvalue weighted by atomic mass is 35.5. The third-order valence-corrected chi connectivity index (χ3v) is 7.68. The Balaban J connectivity index is 1.33. The van der Waals surface area contributed by atoms with Gasteiger partial charge in [0.1, 0.15) is 9.71 Å². The molecule has 0 radical (unpaired) electrons. The number of fused-ring (bicyclic) bond motifs is 1. The third-order valence-electron chi connectivity index (χ3n) is 6.31. The number of hydrogen-bond donors (Lipinski definition) is 3. The fourth-order valence-corrected chi connectivity index (χ4v) is 5.62. The molecule has 5 rings (SSSR count). The molecule has 0 unspecified atom stereocenters. The number of nitrogens with zero attached hydrogens (tertiary/aromatic N) is 2. The number of anilines is 2. The molecule has 1 amide bonds. The lowest BCUT2D eigenvalue weighted by Crippen LogP contribution is -2.43. The number of pyridine rings is 1. The minimum absolute atomic E-state index is 0.154. The Hall–Kier alpha value is -3.13. The van der Waals surface area contributed by atoms with E-state index >= 15 is 0 Å². The van der Waals surface area contributed by atoms with Crippen molar-refractivity contribution in [2.45, 2.75) is 13.3 Å². The topological polar surface area (TPSA) is 83.3 Å². The van der Waals surface area contributed by atoms with Crippen molar-refractivity contribution < 1.29 is 4.79 Å². The lowest BCUT2D eigenvalue weighted by molar-refractivity contribution is 0.0959. The van der Waals surface area contributed by atoms with Gasteiger partial charge < -0.3 is 21.3 Å². The van der Waals surface area contributed by atoms with Gasteiger partial charge in [-0.05, 0) is 60.9 Å². The van der Waals surface area contributed by atoms with Crippen LogP contribution in [-0.4, -0.2) is 43.6 Å². The molecule has 2 aromatic carbocycles. The monoisotopic (exact) mass is 505 g/mol. The van der Waals surface area contributed by atoms with E-state index in [1.807, 2.05) is 31.2 Å². The second-order valence-corrected chi connectivity index (χ2v) is 10.2. The van der Waals surface area contributed by atoms with Crippen LogP contribution in [-0.2, 0) is 6.42 Å². The number of rotatable bonds is 6. The number of halogens is 1. The van der Waals surface area contributed by atoms with Gasteiger partial charge in [-0.15, -0.1) is 11.3 Å². The first-order chi connectivity index (χ1) is 17.0. The number of aromatic nitrogens is 1. The quantitative estimate of drug-likeness (QED) is 0.347. The largest absolute Gasteiger partial charge is 0.397 e. The lowest BCUT2D eigenvalue weighted by atomic mass is 9.98. The van der Waals surface area contributed by atoms with Gasteiger partial charge >= 0.3 is 0 Å². The molecule has 1 fully saturated rings. The molecule has 4 aromatic rings. The summed E-state index contributed by atoms with van der Waals surface area (Å²) in [4.78, 5) is 21.1. The van der Waals surface area contributed by atoms with E-state index in [9.17, 15) is 4.79 Å². The number of carbonyl (C=O) groups is 1. The summed E-state index contributed by atoms with van der Waals surface area (Å²) in [6.07, 6.45) is 0.719. The minimum Gasteiger partial charge on any atom is -0.397 e. The first-order valence-electron chi connectivity index (χ1n) is 11.8. The zero-order valence-electron chi connectivity index (χ0n) is 19.6. The SMILES string of the molecule is Cc1ccc2c(N)c(C(=O)NCCc3ccc(N4CCNCC4)c(-c4ccc(Cl)cc4)c3)sc2n1. The van der Waals surface area contributed by atoms with Crippen LogP contribution in [0.4, 0.5) is 11.4 Å². The van der Waals surface area contributed by atoms with E-state index in [1.165, 1.54) is 22.6 Å². The molecule has 6 nitrogen and oxygen atoms in total. The zero-order chi connectivity index (χ0) is 24.4. The molecule has 0 atom stereocenters. The molecule has 1 aliphatic heterocycles. The van der Waals surface area contributed by atoms with Crippen LogP contribution in [0.1, 0.15) is 20.9 Å². The van der Waals surface area contributed by atoms with Crippen LogP contribution in [0.15, 0.2) is 54.6 Å². The molecule has 2 aromatic heterocycles. The van der Waals surface area contributed by atoms with E-state index in [-0.39, 0.29) is 5.91 Å². The van der Waals surface area contributed by atoms with E-state index in [0.29, 0.717) is 17.1 Å². The van der Waals surface area contributed by atoms with E-state index < -0.39 is 0 Å². The van der Waals surface area contributed by atoms with E-state index in [4.69, 9.17) is 17.3 Å². The van der Waals surface area contributed by atoms with Crippen molar-refractivity contribution in [3.05, 3.63) is 75.8 Å². The number of benzene rings is 2. The molecule has 4 N–H and O–H groups in total. The van der Waals surface area contributed by atoms with Gasteiger partial charge in [-0.1, -0.05) is 29.8 Å². The summed E-state index contributed by atoms with van der Waals surface area (Å²) >= 11 is 7.48. The predicted octanol–water partition coefficient (Wildman–Crippen LogP) is 4.89. The highest BCUT2D eigenvalue weighted by Crippen LogP contribution is 2.34. The molecule has 3 heterocycles. The second kappa shape index (κ2) is 10.2. The Kier molecular flexibility index (Phi) is 6.90. The van der Waals surface area contributed by atoms with Gasteiger partial charge in [-0.3, -0.25) is 4.79 Å². The number of nitrogen functional groups attached to an aromatic ring is 1. The normalized spacial score (nSPS) is 13.8. The fourth-order valence-electron chi connectivity index (χ4n) is 4.44. The van der Waals surface area contributed by atoms with Crippen LogP contribution in [0.25, 0.3) is 21.3 Å². The van der Waals surface area contributed by atoms with Crippen LogP contribution < -0.4 is 21.3 Å².